The third kappa shape index (κ3) is 4.80. The Hall–Kier alpha value is -3.45. The maximum absolute atomic E-state index is 13.0. The van der Waals surface area contributed by atoms with E-state index in [9.17, 15) is 23.2 Å². The summed E-state index contributed by atoms with van der Waals surface area (Å²) in [5.74, 6) is 0.459. The molecular weight excluding hydrogens is 469 g/mol. The van der Waals surface area contributed by atoms with Crippen LogP contribution in [0.1, 0.15) is 56.5 Å². The smallest absolute Gasteiger partial charge is 0.349 e. The fraction of sp³-hybridized carbons (Fsp3) is 0.462. The molecule has 10 heteroatoms. The number of halogens is 3. The van der Waals surface area contributed by atoms with E-state index in [2.05, 4.69) is 32.8 Å². The van der Waals surface area contributed by atoms with Crippen LogP contribution in [0.5, 0.6) is 0 Å². The fourth-order valence-corrected chi connectivity index (χ4v) is 5.04. The minimum atomic E-state index is -4.37. The van der Waals surface area contributed by atoms with Gasteiger partial charge < -0.3 is 4.90 Å². The Balaban J connectivity index is 1.69. The standard InChI is InChI=1S/C26H29F3N6O/c1-5-6-21-15-34(24-23-22(33(4)25(36)32-24)12-11-20(13-30)31-23)16(2)14-35(21)17(3)18-7-9-19(10-8-18)26(27,28)29/h7-12,16-17,21H,5-6,14-15H2,1-4H3/t16-,17+,21+/m0/s1. The van der Waals surface area contributed by atoms with Gasteiger partial charge in [0.15, 0.2) is 5.82 Å². The summed E-state index contributed by atoms with van der Waals surface area (Å²) in [7, 11) is 1.63. The van der Waals surface area contributed by atoms with Gasteiger partial charge in [0.05, 0.1) is 11.1 Å². The van der Waals surface area contributed by atoms with Crippen molar-refractivity contribution in [1.29, 1.82) is 5.26 Å². The normalized spacial score (nSPS) is 19.9. The number of aromatic nitrogens is 3. The fourth-order valence-electron chi connectivity index (χ4n) is 5.04. The Morgan fingerprint density at radius 1 is 1.14 bits per heavy atom. The van der Waals surface area contributed by atoms with Gasteiger partial charge in [0.1, 0.15) is 17.3 Å². The molecule has 7 nitrogen and oxygen atoms in total. The summed E-state index contributed by atoms with van der Waals surface area (Å²) in [6, 6.07) is 10.7. The number of nitriles is 1. The van der Waals surface area contributed by atoms with Crippen molar-refractivity contribution in [3.63, 3.8) is 0 Å². The molecule has 2 aromatic heterocycles. The summed E-state index contributed by atoms with van der Waals surface area (Å²) >= 11 is 0. The number of hydrogen-bond acceptors (Lipinski definition) is 6. The predicted octanol–water partition coefficient (Wildman–Crippen LogP) is 4.66. The van der Waals surface area contributed by atoms with Crippen LogP contribution < -0.4 is 10.6 Å². The summed E-state index contributed by atoms with van der Waals surface area (Å²) in [6.45, 7) is 7.35. The molecule has 0 radical (unpaired) electrons. The van der Waals surface area contributed by atoms with Gasteiger partial charge in [-0.1, -0.05) is 25.5 Å². The molecule has 3 atom stereocenters. The summed E-state index contributed by atoms with van der Waals surface area (Å²) in [4.78, 5) is 25.9. The maximum atomic E-state index is 13.0. The summed E-state index contributed by atoms with van der Waals surface area (Å²) < 4.78 is 40.5. The van der Waals surface area contributed by atoms with Crippen LogP contribution in [-0.4, -0.2) is 44.6 Å². The van der Waals surface area contributed by atoms with E-state index in [4.69, 9.17) is 0 Å². The predicted molar refractivity (Wildman–Crippen MR) is 132 cm³/mol. The molecule has 1 saturated heterocycles. The van der Waals surface area contributed by atoms with Gasteiger partial charge in [-0.2, -0.15) is 23.4 Å². The number of nitrogens with zero attached hydrogens (tertiary/aromatic N) is 6. The van der Waals surface area contributed by atoms with Crippen LogP contribution in [0.25, 0.3) is 11.0 Å². The third-order valence-corrected chi connectivity index (χ3v) is 7.05. The molecule has 3 aromatic rings. The molecule has 0 saturated carbocycles. The number of alkyl halides is 3. The van der Waals surface area contributed by atoms with Gasteiger partial charge in [-0.05, 0) is 50.1 Å². The van der Waals surface area contributed by atoms with Crippen molar-refractivity contribution in [3.8, 4) is 6.07 Å². The molecule has 0 N–H and O–H groups in total. The van der Waals surface area contributed by atoms with Gasteiger partial charge >= 0.3 is 11.9 Å². The van der Waals surface area contributed by atoms with E-state index in [1.54, 1.807) is 31.3 Å². The highest BCUT2D eigenvalue weighted by molar-refractivity contribution is 5.86. The molecule has 0 spiro atoms. The zero-order valence-corrected chi connectivity index (χ0v) is 20.8. The molecule has 0 amide bonds. The summed E-state index contributed by atoms with van der Waals surface area (Å²) in [6.07, 6.45) is -2.58. The van der Waals surface area contributed by atoms with Crippen molar-refractivity contribution in [1.82, 2.24) is 19.4 Å². The quantitative estimate of drug-likeness (QED) is 0.509. The Morgan fingerprint density at radius 2 is 1.83 bits per heavy atom. The number of aryl methyl sites for hydroxylation is 1. The van der Waals surface area contributed by atoms with E-state index in [0.717, 1.165) is 30.5 Å². The molecule has 190 valence electrons. The lowest BCUT2D eigenvalue weighted by molar-refractivity contribution is -0.137. The maximum Gasteiger partial charge on any atom is 0.416 e. The molecule has 36 heavy (non-hydrogen) atoms. The van der Waals surface area contributed by atoms with Gasteiger partial charge in [-0.3, -0.25) is 9.47 Å². The first-order valence-electron chi connectivity index (χ1n) is 12.0. The average molecular weight is 499 g/mol. The second-order valence-electron chi connectivity index (χ2n) is 9.39. The van der Waals surface area contributed by atoms with Crippen LogP contribution in [0.15, 0.2) is 41.2 Å². The highest BCUT2D eigenvalue weighted by atomic mass is 19.4. The Bertz CT molecular complexity index is 1350. The molecule has 1 fully saturated rings. The lowest BCUT2D eigenvalue weighted by Gasteiger charge is -2.48. The second-order valence-corrected chi connectivity index (χ2v) is 9.39. The first-order chi connectivity index (χ1) is 17.0. The van der Waals surface area contributed by atoms with E-state index in [1.165, 1.54) is 4.57 Å². The van der Waals surface area contributed by atoms with Crippen molar-refractivity contribution in [3.05, 3.63) is 63.7 Å². The van der Waals surface area contributed by atoms with Crippen LogP contribution >= 0.6 is 0 Å². The molecule has 1 aromatic carbocycles. The van der Waals surface area contributed by atoms with Crippen molar-refractivity contribution < 1.29 is 13.2 Å². The third-order valence-electron chi connectivity index (χ3n) is 7.05. The highest BCUT2D eigenvalue weighted by Crippen LogP contribution is 2.34. The first-order valence-corrected chi connectivity index (χ1v) is 12.0. The molecule has 4 rings (SSSR count). The van der Waals surface area contributed by atoms with E-state index in [-0.39, 0.29) is 23.8 Å². The van der Waals surface area contributed by atoms with E-state index < -0.39 is 17.4 Å². The lowest BCUT2D eigenvalue weighted by Crippen LogP contribution is -2.58. The van der Waals surface area contributed by atoms with Crippen molar-refractivity contribution >= 4 is 16.9 Å². The Labute approximate surface area is 207 Å². The molecule has 0 aliphatic carbocycles. The summed E-state index contributed by atoms with van der Waals surface area (Å²) in [5.41, 5.74) is 1.11. The molecular formula is C26H29F3N6O. The summed E-state index contributed by atoms with van der Waals surface area (Å²) in [5, 5.41) is 9.37. The SMILES string of the molecule is CCC[C@@H]1CN(c2nc(=O)n(C)c3ccc(C#N)nc23)[C@@H](C)CN1[C@H](C)c1ccc(C(F)(F)F)cc1. The molecule has 0 unspecified atom stereocenters. The number of rotatable bonds is 5. The zero-order chi connectivity index (χ0) is 26.2. The van der Waals surface area contributed by atoms with E-state index in [0.29, 0.717) is 29.9 Å². The van der Waals surface area contributed by atoms with Crippen LogP contribution in [0.2, 0.25) is 0 Å². The van der Waals surface area contributed by atoms with Crippen LogP contribution in [0.3, 0.4) is 0 Å². The average Bonchev–Trinajstić information content (AvgIpc) is 2.86. The van der Waals surface area contributed by atoms with Crippen molar-refractivity contribution in [2.24, 2.45) is 7.05 Å². The van der Waals surface area contributed by atoms with Gasteiger partial charge in [-0.15, -0.1) is 0 Å². The largest absolute Gasteiger partial charge is 0.416 e. The van der Waals surface area contributed by atoms with Gasteiger partial charge in [0.2, 0.25) is 0 Å². The van der Waals surface area contributed by atoms with Gasteiger partial charge in [0.25, 0.3) is 0 Å². The molecule has 0 bridgehead atoms. The van der Waals surface area contributed by atoms with Crippen molar-refractivity contribution in [2.75, 3.05) is 18.0 Å². The minimum Gasteiger partial charge on any atom is -0.349 e. The molecule has 3 heterocycles. The van der Waals surface area contributed by atoms with Crippen LogP contribution in [0.4, 0.5) is 19.0 Å². The Morgan fingerprint density at radius 3 is 2.44 bits per heavy atom. The van der Waals surface area contributed by atoms with E-state index >= 15 is 0 Å². The number of piperazine rings is 1. The number of fused-ring (bicyclic) bond motifs is 1. The Kier molecular flexibility index (Phi) is 7.05. The number of benzene rings is 1. The molecule has 1 aliphatic rings. The van der Waals surface area contributed by atoms with Gasteiger partial charge in [0, 0.05) is 38.3 Å². The van der Waals surface area contributed by atoms with Gasteiger partial charge in [-0.25, -0.2) is 9.78 Å². The van der Waals surface area contributed by atoms with Crippen LogP contribution in [0, 0.1) is 11.3 Å². The second kappa shape index (κ2) is 9.90. The number of pyridine rings is 1. The molecule has 1 aliphatic heterocycles. The van der Waals surface area contributed by atoms with Crippen molar-refractivity contribution in [2.45, 2.75) is 57.9 Å². The number of hydrogen-bond donors (Lipinski definition) is 0. The highest BCUT2D eigenvalue weighted by Gasteiger charge is 2.36. The minimum absolute atomic E-state index is 0.0506. The lowest BCUT2D eigenvalue weighted by atomic mass is 9.97. The number of anilines is 1. The topological polar surface area (TPSA) is 78.0 Å². The first kappa shape index (κ1) is 25.6. The van der Waals surface area contributed by atoms with E-state index in [1.807, 2.05) is 13.8 Å². The van der Waals surface area contributed by atoms with Crippen LogP contribution in [-0.2, 0) is 13.2 Å². The zero-order valence-electron chi connectivity index (χ0n) is 20.8. The monoisotopic (exact) mass is 498 g/mol.